The van der Waals surface area contributed by atoms with Crippen LogP contribution in [0.3, 0.4) is 0 Å². The van der Waals surface area contributed by atoms with Crippen molar-refractivity contribution in [2.24, 2.45) is 0 Å². The summed E-state index contributed by atoms with van der Waals surface area (Å²) in [6.07, 6.45) is 3.39. The molecule has 19 heavy (non-hydrogen) atoms. The molecule has 0 radical (unpaired) electrons. The largest absolute Gasteiger partial charge is 0.348 e. The molecule has 1 amide bonds. The van der Waals surface area contributed by atoms with Crippen LogP contribution in [0.15, 0.2) is 30.4 Å². The summed E-state index contributed by atoms with van der Waals surface area (Å²) in [6, 6.07) is 5.79. The third-order valence-corrected chi connectivity index (χ3v) is 3.10. The Morgan fingerprint density at radius 1 is 1.42 bits per heavy atom. The van der Waals surface area contributed by atoms with E-state index in [1.807, 2.05) is 43.3 Å². The van der Waals surface area contributed by atoms with Crippen LogP contribution >= 0.6 is 11.7 Å². The third kappa shape index (κ3) is 3.84. The van der Waals surface area contributed by atoms with Crippen molar-refractivity contribution in [2.45, 2.75) is 6.54 Å². The summed E-state index contributed by atoms with van der Waals surface area (Å²) in [7, 11) is 3.91. The van der Waals surface area contributed by atoms with E-state index in [0.717, 1.165) is 23.1 Å². The maximum atomic E-state index is 11.6. The summed E-state index contributed by atoms with van der Waals surface area (Å²) >= 11 is 1.19. The van der Waals surface area contributed by atoms with E-state index in [1.54, 1.807) is 6.08 Å². The van der Waals surface area contributed by atoms with Crippen molar-refractivity contribution in [1.82, 2.24) is 19.0 Å². The second-order valence-corrected chi connectivity index (χ2v) is 4.96. The van der Waals surface area contributed by atoms with E-state index in [4.69, 9.17) is 0 Å². The number of fused-ring (bicyclic) bond motifs is 1. The Bertz CT molecular complexity index is 591. The second-order valence-electron chi connectivity index (χ2n) is 4.43. The Hall–Kier alpha value is -1.79. The normalized spacial score (nSPS) is 11.5. The predicted octanol–water partition coefficient (Wildman–Crippen LogP) is 1.43. The van der Waals surface area contributed by atoms with Gasteiger partial charge < -0.3 is 10.2 Å². The minimum Gasteiger partial charge on any atom is -0.348 e. The molecule has 0 aliphatic heterocycles. The molecule has 0 saturated heterocycles. The van der Waals surface area contributed by atoms with E-state index < -0.39 is 0 Å². The fraction of sp³-hybridized carbons (Fsp3) is 0.308. The number of carbonyl (C=O) groups excluding carboxylic acids is 1. The van der Waals surface area contributed by atoms with E-state index >= 15 is 0 Å². The Morgan fingerprint density at radius 2 is 2.26 bits per heavy atom. The topological polar surface area (TPSA) is 58.1 Å². The van der Waals surface area contributed by atoms with Gasteiger partial charge in [-0.15, -0.1) is 0 Å². The lowest BCUT2D eigenvalue weighted by Gasteiger charge is -2.05. The summed E-state index contributed by atoms with van der Waals surface area (Å²) in [5.74, 6) is -0.0953. The average molecular weight is 276 g/mol. The number of nitrogens with one attached hydrogen (secondary N) is 1. The van der Waals surface area contributed by atoms with E-state index in [9.17, 15) is 4.79 Å². The van der Waals surface area contributed by atoms with Crippen molar-refractivity contribution in [3.8, 4) is 0 Å². The fourth-order valence-electron chi connectivity index (χ4n) is 1.62. The molecule has 0 aliphatic rings. The van der Waals surface area contributed by atoms with Crippen LogP contribution in [0, 0.1) is 0 Å². The number of hydrogen-bond donors (Lipinski definition) is 1. The van der Waals surface area contributed by atoms with Crippen molar-refractivity contribution in [2.75, 3.05) is 20.6 Å². The van der Waals surface area contributed by atoms with Gasteiger partial charge in [-0.2, -0.15) is 8.75 Å². The van der Waals surface area contributed by atoms with Crippen LogP contribution in [0.25, 0.3) is 11.0 Å². The molecule has 0 spiro atoms. The molecule has 0 atom stereocenters. The van der Waals surface area contributed by atoms with Gasteiger partial charge in [0.25, 0.3) is 0 Å². The van der Waals surface area contributed by atoms with E-state index in [1.165, 1.54) is 11.7 Å². The SMILES string of the molecule is CN(C)C/C=C/C(=O)NCc1cccc2nsnc12. The van der Waals surface area contributed by atoms with Gasteiger partial charge in [-0.3, -0.25) is 4.79 Å². The molecule has 100 valence electrons. The van der Waals surface area contributed by atoms with Gasteiger partial charge in [-0.25, -0.2) is 0 Å². The number of rotatable bonds is 5. The average Bonchev–Trinajstić information content (AvgIpc) is 2.84. The lowest BCUT2D eigenvalue weighted by molar-refractivity contribution is -0.116. The van der Waals surface area contributed by atoms with Crippen molar-refractivity contribution < 1.29 is 4.79 Å². The van der Waals surface area contributed by atoms with Gasteiger partial charge in [0.05, 0.1) is 11.7 Å². The Morgan fingerprint density at radius 3 is 3.05 bits per heavy atom. The minimum absolute atomic E-state index is 0.0953. The molecule has 0 aliphatic carbocycles. The van der Waals surface area contributed by atoms with Gasteiger partial charge in [0.1, 0.15) is 11.0 Å². The van der Waals surface area contributed by atoms with Gasteiger partial charge >= 0.3 is 0 Å². The molecule has 0 saturated carbocycles. The number of hydrogen-bond acceptors (Lipinski definition) is 5. The first kappa shape index (κ1) is 13.6. The molecule has 2 aromatic rings. The first-order chi connectivity index (χ1) is 9.16. The molecule has 0 fully saturated rings. The summed E-state index contributed by atoms with van der Waals surface area (Å²) in [6.45, 7) is 1.22. The van der Waals surface area contributed by atoms with Gasteiger partial charge in [0.15, 0.2) is 0 Å². The van der Waals surface area contributed by atoms with Crippen molar-refractivity contribution in [3.05, 3.63) is 35.9 Å². The van der Waals surface area contributed by atoms with Gasteiger partial charge in [0.2, 0.25) is 5.91 Å². The quantitative estimate of drug-likeness (QED) is 0.839. The van der Waals surface area contributed by atoms with Crippen LogP contribution in [0.2, 0.25) is 0 Å². The summed E-state index contributed by atoms with van der Waals surface area (Å²) in [5.41, 5.74) is 2.73. The van der Waals surface area contributed by atoms with E-state index in [-0.39, 0.29) is 5.91 Å². The molecule has 1 heterocycles. The molecular formula is C13H16N4OS. The highest BCUT2D eigenvalue weighted by molar-refractivity contribution is 7.00. The standard InChI is InChI=1S/C13H16N4OS/c1-17(2)8-4-7-12(18)14-9-10-5-3-6-11-13(10)16-19-15-11/h3-7H,8-9H2,1-2H3,(H,14,18)/b7-4+. The van der Waals surface area contributed by atoms with E-state index in [0.29, 0.717) is 6.54 Å². The zero-order valence-electron chi connectivity index (χ0n) is 11.0. The van der Waals surface area contributed by atoms with Gasteiger partial charge in [-0.05, 0) is 20.2 Å². The van der Waals surface area contributed by atoms with Crippen LogP contribution < -0.4 is 5.32 Å². The predicted molar refractivity (Wildman–Crippen MR) is 77.0 cm³/mol. The molecule has 1 aromatic carbocycles. The summed E-state index contributed by atoms with van der Waals surface area (Å²) < 4.78 is 8.41. The highest BCUT2D eigenvalue weighted by Gasteiger charge is 2.05. The lowest BCUT2D eigenvalue weighted by atomic mass is 10.2. The van der Waals surface area contributed by atoms with Gasteiger partial charge in [-0.1, -0.05) is 18.2 Å². The molecular weight excluding hydrogens is 260 g/mol. The van der Waals surface area contributed by atoms with E-state index in [2.05, 4.69) is 14.1 Å². The number of benzene rings is 1. The molecule has 0 unspecified atom stereocenters. The van der Waals surface area contributed by atoms with Crippen LogP contribution in [0.1, 0.15) is 5.56 Å². The van der Waals surface area contributed by atoms with Crippen LogP contribution in [-0.4, -0.2) is 40.2 Å². The van der Waals surface area contributed by atoms with Crippen molar-refractivity contribution >= 4 is 28.7 Å². The van der Waals surface area contributed by atoms with Crippen LogP contribution in [-0.2, 0) is 11.3 Å². The minimum atomic E-state index is -0.0953. The summed E-state index contributed by atoms with van der Waals surface area (Å²) in [4.78, 5) is 13.6. The maximum Gasteiger partial charge on any atom is 0.243 e. The summed E-state index contributed by atoms with van der Waals surface area (Å²) in [5, 5.41) is 2.85. The molecule has 0 bridgehead atoms. The smallest absolute Gasteiger partial charge is 0.243 e. The third-order valence-electron chi connectivity index (χ3n) is 2.56. The first-order valence-electron chi connectivity index (χ1n) is 5.96. The Kier molecular flexibility index (Phi) is 4.59. The fourth-order valence-corrected chi connectivity index (χ4v) is 2.19. The van der Waals surface area contributed by atoms with Crippen LogP contribution in [0.5, 0.6) is 0 Å². The maximum absolute atomic E-state index is 11.6. The molecule has 5 nitrogen and oxygen atoms in total. The Labute approximate surface area is 116 Å². The zero-order valence-corrected chi connectivity index (χ0v) is 11.8. The molecule has 1 aromatic heterocycles. The highest BCUT2D eigenvalue weighted by atomic mass is 32.1. The number of amides is 1. The van der Waals surface area contributed by atoms with Crippen molar-refractivity contribution in [3.63, 3.8) is 0 Å². The molecule has 1 N–H and O–H groups in total. The molecule has 6 heteroatoms. The first-order valence-corrected chi connectivity index (χ1v) is 6.69. The molecule has 2 rings (SSSR count). The number of nitrogens with zero attached hydrogens (tertiary/aromatic N) is 3. The Balaban J connectivity index is 1.93. The number of likely N-dealkylation sites (N-methyl/N-ethyl adjacent to an activating group) is 1. The lowest BCUT2D eigenvalue weighted by Crippen LogP contribution is -2.21. The zero-order chi connectivity index (χ0) is 13.7. The van der Waals surface area contributed by atoms with Crippen LogP contribution in [0.4, 0.5) is 0 Å². The second kappa shape index (κ2) is 6.40. The number of aromatic nitrogens is 2. The van der Waals surface area contributed by atoms with Crippen molar-refractivity contribution in [1.29, 1.82) is 0 Å². The van der Waals surface area contributed by atoms with Gasteiger partial charge in [0, 0.05) is 24.7 Å². The highest BCUT2D eigenvalue weighted by Crippen LogP contribution is 2.15. The monoisotopic (exact) mass is 276 g/mol. The number of carbonyl (C=O) groups is 1.